The van der Waals surface area contributed by atoms with Gasteiger partial charge in [0.25, 0.3) is 5.91 Å². The summed E-state index contributed by atoms with van der Waals surface area (Å²) in [7, 11) is 3.00. The lowest BCUT2D eigenvalue weighted by atomic mass is 10.1. The number of rotatable bonds is 7. The van der Waals surface area contributed by atoms with E-state index in [1.165, 1.54) is 20.4 Å². The van der Waals surface area contributed by atoms with Gasteiger partial charge in [-0.3, -0.25) is 4.79 Å². The van der Waals surface area contributed by atoms with E-state index < -0.39 is 0 Å². The lowest BCUT2D eigenvalue weighted by Gasteiger charge is -2.10. The van der Waals surface area contributed by atoms with E-state index in [9.17, 15) is 9.90 Å². The molecule has 0 fully saturated rings. The van der Waals surface area contributed by atoms with Crippen LogP contribution in [0.2, 0.25) is 0 Å². The zero-order valence-corrected chi connectivity index (χ0v) is 16.3. The quantitative estimate of drug-likeness (QED) is 0.362. The van der Waals surface area contributed by atoms with Crippen molar-refractivity contribution in [2.75, 3.05) is 14.2 Å². The fraction of sp³-hybridized carbons (Fsp3) is 0.130. The van der Waals surface area contributed by atoms with E-state index in [1.54, 1.807) is 24.3 Å². The van der Waals surface area contributed by atoms with Crippen molar-refractivity contribution in [3.05, 3.63) is 77.9 Å². The molecule has 0 saturated carbocycles. The molecule has 3 aromatic rings. The molecule has 0 atom stereocenters. The molecule has 0 bridgehead atoms. The summed E-state index contributed by atoms with van der Waals surface area (Å²) >= 11 is 0. The smallest absolute Gasteiger partial charge is 0.275 e. The fourth-order valence-corrected chi connectivity index (χ4v) is 3.02. The minimum atomic E-state index is -0.388. The zero-order chi connectivity index (χ0) is 20.8. The highest BCUT2D eigenvalue weighted by molar-refractivity contribution is 6.02. The zero-order valence-electron chi connectivity index (χ0n) is 16.3. The average Bonchev–Trinajstić information content (AvgIpc) is 2.74. The van der Waals surface area contributed by atoms with Gasteiger partial charge >= 0.3 is 0 Å². The number of hydrogen-bond acceptors (Lipinski definition) is 5. The van der Waals surface area contributed by atoms with E-state index in [1.807, 2.05) is 30.3 Å². The number of nitrogens with zero attached hydrogens (tertiary/aromatic N) is 1. The number of phenols is 1. The number of amides is 1. The first kappa shape index (κ1) is 19.9. The standard InChI is InChI=1S/C23H22N2O4/c1-4-7-18-10-15(11-21(29-3)22(18)26)14-24-25-23(27)19-12-16-8-5-6-9-17(16)13-20(19)28-2/h4-6,8-14,26H,1,7H2,2-3H3,(H,25,27)/b24-14+. The monoisotopic (exact) mass is 390 g/mol. The predicted octanol–water partition coefficient (Wildman–Crippen LogP) is 4.06. The van der Waals surface area contributed by atoms with E-state index in [2.05, 4.69) is 17.1 Å². The van der Waals surface area contributed by atoms with Gasteiger partial charge in [-0.05, 0) is 47.0 Å². The number of allylic oxidation sites excluding steroid dienone is 1. The van der Waals surface area contributed by atoms with Gasteiger partial charge in [0.05, 0.1) is 26.0 Å². The number of fused-ring (bicyclic) bond motifs is 1. The number of carbonyl (C=O) groups is 1. The van der Waals surface area contributed by atoms with Crippen LogP contribution in [0.15, 0.2) is 66.3 Å². The Bertz CT molecular complexity index is 1090. The fourth-order valence-electron chi connectivity index (χ4n) is 3.02. The number of benzene rings is 3. The summed E-state index contributed by atoms with van der Waals surface area (Å²) < 4.78 is 10.5. The molecule has 0 aliphatic heterocycles. The third kappa shape index (κ3) is 4.38. The minimum Gasteiger partial charge on any atom is -0.504 e. The van der Waals surface area contributed by atoms with Crippen molar-refractivity contribution in [1.82, 2.24) is 5.43 Å². The first-order chi connectivity index (χ1) is 14.1. The summed E-state index contributed by atoms with van der Waals surface area (Å²) in [5.41, 5.74) is 4.23. The van der Waals surface area contributed by atoms with Crippen molar-refractivity contribution >= 4 is 22.9 Å². The lowest BCUT2D eigenvalue weighted by molar-refractivity contribution is 0.0952. The number of methoxy groups -OCH3 is 2. The molecule has 0 unspecified atom stereocenters. The average molecular weight is 390 g/mol. The Morgan fingerprint density at radius 3 is 2.45 bits per heavy atom. The number of ether oxygens (including phenoxy) is 2. The van der Waals surface area contributed by atoms with E-state index in [0.29, 0.717) is 34.6 Å². The molecule has 0 spiro atoms. The molecule has 0 radical (unpaired) electrons. The maximum absolute atomic E-state index is 12.6. The van der Waals surface area contributed by atoms with Gasteiger partial charge in [0, 0.05) is 5.56 Å². The minimum absolute atomic E-state index is 0.0643. The second-order valence-electron chi connectivity index (χ2n) is 6.32. The van der Waals surface area contributed by atoms with Crippen LogP contribution >= 0.6 is 0 Å². The van der Waals surface area contributed by atoms with E-state index in [4.69, 9.17) is 9.47 Å². The molecule has 0 aliphatic carbocycles. The van der Waals surface area contributed by atoms with Crippen LogP contribution in [0.5, 0.6) is 17.2 Å². The molecule has 0 heterocycles. The second kappa shape index (κ2) is 8.93. The summed E-state index contributed by atoms with van der Waals surface area (Å²) in [6.07, 6.45) is 3.65. The Balaban J connectivity index is 1.84. The van der Waals surface area contributed by atoms with Crippen LogP contribution < -0.4 is 14.9 Å². The van der Waals surface area contributed by atoms with Crippen molar-refractivity contribution in [1.29, 1.82) is 0 Å². The highest BCUT2D eigenvalue weighted by Crippen LogP contribution is 2.31. The Hall–Kier alpha value is -3.80. The molecule has 0 aromatic heterocycles. The summed E-state index contributed by atoms with van der Waals surface area (Å²) in [4.78, 5) is 12.6. The predicted molar refractivity (Wildman–Crippen MR) is 114 cm³/mol. The second-order valence-corrected chi connectivity index (χ2v) is 6.32. The normalized spacial score (nSPS) is 10.8. The number of aromatic hydroxyl groups is 1. The summed E-state index contributed by atoms with van der Waals surface area (Å²) in [5.74, 6) is 0.472. The highest BCUT2D eigenvalue weighted by Gasteiger charge is 2.13. The van der Waals surface area contributed by atoms with Crippen molar-refractivity contribution < 1.29 is 19.4 Å². The van der Waals surface area contributed by atoms with Gasteiger partial charge in [0.1, 0.15) is 5.75 Å². The van der Waals surface area contributed by atoms with Crippen molar-refractivity contribution in [2.45, 2.75) is 6.42 Å². The van der Waals surface area contributed by atoms with Crippen LogP contribution in [-0.4, -0.2) is 31.4 Å². The van der Waals surface area contributed by atoms with Crippen molar-refractivity contribution in [3.8, 4) is 17.2 Å². The Morgan fingerprint density at radius 1 is 1.10 bits per heavy atom. The molecular formula is C23H22N2O4. The SMILES string of the molecule is C=CCc1cc(/C=N/NC(=O)c2cc3ccccc3cc2OC)cc(OC)c1O. The van der Waals surface area contributed by atoms with Crippen LogP contribution in [0.4, 0.5) is 0 Å². The van der Waals surface area contributed by atoms with Crippen LogP contribution in [-0.2, 0) is 6.42 Å². The molecule has 3 aromatic carbocycles. The lowest BCUT2D eigenvalue weighted by Crippen LogP contribution is -2.18. The highest BCUT2D eigenvalue weighted by atomic mass is 16.5. The van der Waals surface area contributed by atoms with Crippen molar-refractivity contribution in [2.24, 2.45) is 5.10 Å². The summed E-state index contributed by atoms with van der Waals surface area (Å²) in [5, 5.41) is 16.1. The van der Waals surface area contributed by atoms with Crippen LogP contribution in [0.1, 0.15) is 21.5 Å². The van der Waals surface area contributed by atoms with Gasteiger partial charge in [-0.15, -0.1) is 6.58 Å². The van der Waals surface area contributed by atoms with Gasteiger partial charge in [-0.25, -0.2) is 5.43 Å². The molecule has 2 N–H and O–H groups in total. The van der Waals surface area contributed by atoms with Gasteiger partial charge in [-0.1, -0.05) is 30.3 Å². The third-order valence-corrected chi connectivity index (χ3v) is 4.45. The Kier molecular flexibility index (Phi) is 6.14. The van der Waals surface area contributed by atoms with Crippen LogP contribution in [0.25, 0.3) is 10.8 Å². The summed E-state index contributed by atoms with van der Waals surface area (Å²) in [6.45, 7) is 3.68. The van der Waals surface area contributed by atoms with Crippen LogP contribution in [0.3, 0.4) is 0 Å². The van der Waals surface area contributed by atoms with Gasteiger partial charge < -0.3 is 14.6 Å². The number of carbonyl (C=O) groups excluding carboxylic acids is 1. The maximum atomic E-state index is 12.6. The van der Waals surface area contributed by atoms with E-state index in [0.717, 1.165) is 10.8 Å². The van der Waals surface area contributed by atoms with E-state index >= 15 is 0 Å². The van der Waals surface area contributed by atoms with E-state index in [-0.39, 0.29) is 11.7 Å². The van der Waals surface area contributed by atoms with Crippen molar-refractivity contribution in [3.63, 3.8) is 0 Å². The molecule has 3 rings (SSSR count). The third-order valence-electron chi connectivity index (χ3n) is 4.45. The molecule has 6 heteroatoms. The van der Waals surface area contributed by atoms with Gasteiger partial charge in [0.15, 0.2) is 11.5 Å². The van der Waals surface area contributed by atoms with Gasteiger partial charge in [-0.2, -0.15) is 5.10 Å². The first-order valence-corrected chi connectivity index (χ1v) is 8.98. The molecule has 29 heavy (non-hydrogen) atoms. The number of hydrogen-bond donors (Lipinski definition) is 2. The summed E-state index contributed by atoms with van der Waals surface area (Å²) in [6, 6.07) is 14.7. The van der Waals surface area contributed by atoms with Gasteiger partial charge in [0.2, 0.25) is 0 Å². The first-order valence-electron chi connectivity index (χ1n) is 8.98. The molecule has 6 nitrogen and oxygen atoms in total. The molecule has 148 valence electrons. The molecule has 0 saturated heterocycles. The number of hydrazone groups is 1. The Morgan fingerprint density at radius 2 is 1.79 bits per heavy atom. The number of phenolic OH excluding ortho intramolecular Hbond substituents is 1. The maximum Gasteiger partial charge on any atom is 0.275 e. The van der Waals surface area contributed by atoms with Crippen LogP contribution in [0, 0.1) is 0 Å². The Labute approximate surface area is 169 Å². The largest absolute Gasteiger partial charge is 0.504 e. The number of nitrogens with one attached hydrogen (secondary N) is 1. The molecule has 0 aliphatic rings. The topological polar surface area (TPSA) is 80.2 Å². The molecule has 1 amide bonds. The molecular weight excluding hydrogens is 368 g/mol.